The highest BCUT2D eigenvalue weighted by Crippen LogP contribution is 2.42. The van der Waals surface area contributed by atoms with Crippen LogP contribution in [0, 0.1) is 24.7 Å². The van der Waals surface area contributed by atoms with Crippen molar-refractivity contribution in [3.05, 3.63) is 23.2 Å². The highest BCUT2D eigenvalue weighted by molar-refractivity contribution is 7.18. The van der Waals surface area contributed by atoms with Gasteiger partial charge in [0.05, 0.1) is 15.2 Å². The molecule has 2 fully saturated rings. The fourth-order valence-electron chi connectivity index (χ4n) is 4.37. The summed E-state index contributed by atoms with van der Waals surface area (Å²) >= 11 is 1.66. The van der Waals surface area contributed by atoms with E-state index in [2.05, 4.69) is 10.3 Å². The number of hydrogen-bond acceptors (Lipinski definition) is 4. The van der Waals surface area contributed by atoms with E-state index < -0.39 is 0 Å². The lowest BCUT2D eigenvalue weighted by molar-refractivity contribution is -0.122. The van der Waals surface area contributed by atoms with Crippen LogP contribution in [0.5, 0.6) is 0 Å². The van der Waals surface area contributed by atoms with Gasteiger partial charge in [0.1, 0.15) is 0 Å². The van der Waals surface area contributed by atoms with Crippen molar-refractivity contribution in [2.24, 2.45) is 23.5 Å². The average Bonchev–Trinajstić information content (AvgIpc) is 2.86. The number of nitrogens with zero attached hydrogens (tertiary/aromatic N) is 1. The first kappa shape index (κ1) is 15.1. The monoisotopic (exact) mass is 329 g/mol. The number of nitrogens with one attached hydrogen (secondary N) is 1. The molecule has 1 heterocycles. The van der Waals surface area contributed by atoms with Gasteiger partial charge in [0.25, 0.3) is 0 Å². The molecule has 1 aromatic carbocycles. The Balaban J connectivity index is 1.48. The summed E-state index contributed by atoms with van der Waals surface area (Å²) < 4.78 is 1.13. The van der Waals surface area contributed by atoms with Crippen LogP contribution in [0.2, 0.25) is 0 Å². The third-order valence-corrected chi connectivity index (χ3v) is 6.48. The summed E-state index contributed by atoms with van der Waals surface area (Å²) in [5.74, 6) is 1.34. The molecular formula is C18H23N3OS. The van der Waals surface area contributed by atoms with Gasteiger partial charge in [-0.25, -0.2) is 4.98 Å². The van der Waals surface area contributed by atoms with Crippen molar-refractivity contribution in [1.29, 1.82) is 0 Å². The lowest BCUT2D eigenvalue weighted by Gasteiger charge is -2.43. The Kier molecular flexibility index (Phi) is 3.85. The predicted octanol–water partition coefficient (Wildman–Crippen LogP) is 3.70. The SMILES string of the molecule is Cc1nc2ccc(NC(=O)C3CC4CCCC(C3)C4N)cc2s1. The molecule has 2 aliphatic rings. The minimum absolute atomic E-state index is 0.115. The maximum Gasteiger partial charge on any atom is 0.227 e. The number of amides is 1. The molecule has 4 nitrogen and oxygen atoms in total. The number of nitrogens with two attached hydrogens (primary N) is 1. The number of benzene rings is 1. The van der Waals surface area contributed by atoms with Crippen molar-refractivity contribution < 1.29 is 4.79 Å². The second-order valence-corrected chi connectivity index (χ2v) is 8.34. The predicted molar refractivity (Wildman–Crippen MR) is 94.5 cm³/mol. The quantitative estimate of drug-likeness (QED) is 0.883. The zero-order chi connectivity index (χ0) is 16.0. The van der Waals surface area contributed by atoms with E-state index in [4.69, 9.17) is 5.73 Å². The molecule has 0 saturated heterocycles. The van der Waals surface area contributed by atoms with Crippen LogP contribution in [-0.2, 0) is 4.79 Å². The topological polar surface area (TPSA) is 68.0 Å². The van der Waals surface area contributed by atoms with E-state index in [0.717, 1.165) is 33.8 Å². The van der Waals surface area contributed by atoms with Gasteiger partial charge in [-0.15, -0.1) is 11.3 Å². The zero-order valence-electron chi connectivity index (χ0n) is 13.4. The van der Waals surface area contributed by atoms with Crippen LogP contribution < -0.4 is 11.1 Å². The molecule has 0 aliphatic heterocycles. The fourth-order valence-corrected chi connectivity index (χ4v) is 5.23. The summed E-state index contributed by atoms with van der Waals surface area (Å²) in [6.07, 6.45) is 5.55. The molecule has 0 spiro atoms. The second-order valence-electron chi connectivity index (χ2n) is 7.10. The summed E-state index contributed by atoms with van der Waals surface area (Å²) in [5, 5.41) is 4.17. The normalized spacial score (nSPS) is 30.3. The fraction of sp³-hybridized carbons (Fsp3) is 0.556. The van der Waals surface area contributed by atoms with Crippen molar-refractivity contribution in [3.63, 3.8) is 0 Å². The molecule has 23 heavy (non-hydrogen) atoms. The van der Waals surface area contributed by atoms with Crippen molar-refractivity contribution in [2.75, 3.05) is 5.32 Å². The van der Waals surface area contributed by atoms with E-state index in [9.17, 15) is 4.79 Å². The highest BCUT2D eigenvalue weighted by Gasteiger charge is 2.40. The van der Waals surface area contributed by atoms with Crippen LogP contribution in [0.4, 0.5) is 5.69 Å². The van der Waals surface area contributed by atoms with Gasteiger partial charge in [-0.1, -0.05) is 6.42 Å². The molecule has 2 atom stereocenters. The van der Waals surface area contributed by atoms with Crippen LogP contribution in [-0.4, -0.2) is 16.9 Å². The number of carbonyl (C=O) groups excluding carboxylic acids is 1. The van der Waals surface area contributed by atoms with Gasteiger partial charge in [-0.3, -0.25) is 4.79 Å². The lowest BCUT2D eigenvalue weighted by Crippen LogP contribution is -2.48. The van der Waals surface area contributed by atoms with Gasteiger partial charge in [-0.2, -0.15) is 0 Å². The molecule has 2 bridgehead atoms. The number of aryl methyl sites for hydroxylation is 1. The minimum atomic E-state index is 0.115. The van der Waals surface area contributed by atoms with Gasteiger partial charge in [0.2, 0.25) is 5.91 Å². The molecule has 1 amide bonds. The van der Waals surface area contributed by atoms with E-state index in [1.807, 2.05) is 25.1 Å². The van der Waals surface area contributed by atoms with Gasteiger partial charge in [0.15, 0.2) is 0 Å². The summed E-state index contributed by atoms with van der Waals surface area (Å²) in [5.41, 5.74) is 8.21. The minimum Gasteiger partial charge on any atom is -0.327 e. The van der Waals surface area contributed by atoms with Crippen LogP contribution in [0.25, 0.3) is 10.2 Å². The smallest absolute Gasteiger partial charge is 0.227 e. The first-order valence-electron chi connectivity index (χ1n) is 8.54. The maximum atomic E-state index is 12.7. The molecule has 2 aromatic rings. The van der Waals surface area contributed by atoms with Crippen molar-refractivity contribution >= 4 is 33.1 Å². The number of hydrogen-bond donors (Lipinski definition) is 2. The van der Waals surface area contributed by atoms with Crippen molar-refractivity contribution in [1.82, 2.24) is 4.98 Å². The van der Waals surface area contributed by atoms with E-state index in [1.54, 1.807) is 11.3 Å². The lowest BCUT2D eigenvalue weighted by atomic mass is 9.65. The summed E-state index contributed by atoms with van der Waals surface area (Å²) in [4.78, 5) is 17.1. The molecule has 1 aromatic heterocycles. The zero-order valence-corrected chi connectivity index (χ0v) is 14.2. The maximum absolute atomic E-state index is 12.7. The summed E-state index contributed by atoms with van der Waals surface area (Å²) in [7, 11) is 0. The van der Waals surface area contributed by atoms with E-state index in [-0.39, 0.29) is 11.8 Å². The van der Waals surface area contributed by atoms with Gasteiger partial charge >= 0.3 is 0 Å². The molecular weight excluding hydrogens is 306 g/mol. The second kappa shape index (κ2) is 5.87. The Morgan fingerprint density at radius 1 is 1.30 bits per heavy atom. The van der Waals surface area contributed by atoms with Crippen LogP contribution in [0.15, 0.2) is 18.2 Å². The Labute approximate surface area is 140 Å². The molecule has 0 radical (unpaired) electrons. The average molecular weight is 329 g/mol. The Morgan fingerprint density at radius 3 is 2.78 bits per heavy atom. The third-order valence-electron chi connectivity index (χ3n) is 5.55. The molecule has 4 rings (SSSR count). The van der Waals surface area contributed by atoms with E-state index in [0.29, 0.717) is 17.9 Å². The van der Waals surface area contributed by atoms with Gasteiger partial charge < -0.3 is 11.1 Å². The van der Waals surface area contributed by atoms with E-state index in [1.165, 1.54) is 19.3 Å². The van der Waals surface area contributed by atoms with Gasteiger partial charge in [0, 0.05) is 17.6 Å². The Hall–Kier alpha value is -1.46. The standard InChI is InChI=1S/C18H23N3OS/c1-10-20-15-6-5-14(9-16(15)23-10)21-18(22)13-7-11-3-2-4-12(8-13)17(11)19/h5-6,9,11-13,17H,2-4,7-8,19H2,1H3,(H,21,22). The summed E-state index contributed by atoms with van der Waals surface area (Å²) in [6, 6.07) is 6.28. The van der Waals surface area contributed by atoms with Crippen LogP contribution >= 0.6 is 11.3 Å². The number of thiazole rings is 1. The molecule has 122 valence electrons. The number of carbonyl (C=O) groups is 1. The highest BCUT2D eigenvalue weighted by atomic mass is 32.1. The first-order chi connectivity index (χ1) is 11.1. The van der Waals surface area contributed by atoms with Crippen LogP contribution in [0.3, 0.4) is 0 Å². The Bertz CT molecular complexity index is 727. The molecule has 3 N–H and O–H groups in total. The molecule has 2 saturated carbocycles. The number of fused-ring (bicyclic) bond motifs is 3. The molecule has 5 heteroatoms. The first-order valence-corrected chi connectivity index (χ1v) is 9.35. The van der Waals surface area contributed by atoms with E-state index >= 15 is 0 Å². The Morgan fingerprint density at radius 2 is 2.04 bits per heavy atom. The van der Waals surface area contributed by atoms with Gasteiger partial charge in [-0.05, 0) is 62.6 Å². The number of anilines is 1. The molecule has 2 unspecified atom stereocenters. The van der Waals surface area contributed by atoms with Crippen molar-refractivity contribution in [3.8, 4) is 0 Å². The number of rotatable bonds is 2. The largest absolute Gasteiger partial charge is 0.327 e. The number of aromatic nitrogens is 1. The van der Waals surface area contributed by atoms with Crippen molar-refractivity contribution in [2.45, 2.75) is 45.1 Å². The third kappa shape index (κ3) is 2.88. The summed E-state index contributed by atoms with van der Waals surface area (Å²) in [6.45, 7) is 2.01. The van der Waals surface area contributed by atoms with Crippen LogP contribution in [0.1, 0.15) is 37.1 Å². The molecule has 2 aliphatic carbocycles.